The molecule has 0 radical (unpaired) electrons. The molecule has 1 aromatic carbocycles. The normalized spacial score (nSPS) is 28.4. The number of carbonyl (C=O) groups is 4. The molecule has 5 nitrogen and oxygen atoms in total. The van der Waals surface area contributed by atoms with Crippen LogP contribution in [-0.4, -0.2) is 30.4 Å². The Bertz CT molecular complexity index is 1460. The van der Waals surface area contributed by atoms with E-state index >= 15 is 0 Å². The lowest BCUT2D eigenvalue weighted by molar-refractivity contribution is -0.135. The first-order chi connectivity index (χ1) is 17.5. The summed E-state index contributed by atoms with van der Waals surface area (Å²) in [6, 6.07) is 2.01. The van der Waals surface area contributed by atoms with Crippen LogP contribution >= 0.6 is 0 Å². The Labute approximate surface area is 226 Å². The largest absolute Gasteiger partial charge is 0.459 e. The van der Waals surface area contributed by atoms with E-state index in [4.69, 9.17) is 0 Å². The average Bonchev–Trinajstić information content (AvgIpc) is 2.79. The second-order valence-electron chi connectivity index (χ2n) is 12.5. The van der Waals surface area contributed by atoms with Gasteiger partial charge in [-0.3, -0.25) is 14.4 Å². The second kappa shape index (κ2) is 8.90. The first kappa shape index (κ1) is 27.8. The predicted molar refractivity (Wildman–Crippen MR) is 147 cm³/mol. The molecule has 3 aliphatic carbocycles. The van der Waals surface area contributed by atoms with Crippen molar-refractivity contribution >= 4 is 23.3 Å². The molecule has 38 heavy (non-hydrogen) atoms. The first-order valence-corrected chi connectivity index (χ1v) is 13.3. The van der Waals surface area contributed by atoms with Gasteiger partial charge in [-0.1, -0.05) is 44.8 Å². The van der Waals surface area contributed by atoms with Crippen molar-refractivity contribution in [3.8, 4) is 11.8 Å². The van der Waals surface area contributed by atoms with Crippen LogP contribution in [0.1, 0.15) is 107 Å². The maximum Gasteiger partial charge on any atom is 0.384 e. The second-order valence-corrected chi connectivity index (χ2v) is 12.5. The van der Waals surface area contributed by atoms with E-state index in [0.29, 0.717) is 36.0 Å². The maximum absolute atomic E-state index is 14.5. The van der Waals surface area contributed by atoms with Gasteiger partial charge in [-0.25, -0.2) is 4.79 Å². The van der Waals surface area contributed by atoms with E-state index in [1.54, 1.807) is 0 Å². The molecule has 4 rings (SSSR count). The Kier molecular flexibility index (Phi) is 6.50. The molecule has 0 fully saturated rings. The smallest absolute Gasteiger partial charge is 0.384 e. The molecule has 0 spiro atoms. The number of hydrogen-bond acceptors (Lipinski definition) is 5. The number of ether oxygens (including phenoxy) is 1. The van der Waals surface area contributed by atoms with Crippen molar-refractivity contribution < 1.29 is 23.9 Å². The van der Waals surface area contributed by atoms with Gasteiger partial charge in [-0.05, 0) is 88.0 Å². The predicted octanol–water partition coefficient (Wildman–Crippen LogP) is 6.00. The summed E-state index contributed by atoms with van der Waals surface area (Å²) < 4.78 is 4.69. The highest BCUT2D eigenvalue weighted by Crippen LogP contribution is 2.66. The van der Waals surface area contributed by atoms with Crippen LogP contribution < -0.4 is 0 Å². The van der Waals surface area contributed by atoms with Crippen molar-refractivity contribution in [3.63, 3.8) is 0 Å². The first-order valence-electron chi connectivity index (χ1n) is 13.3. The van der Waals surface area contributed by atoms with Crippen LogP contribution in [0.2, 0.25) is 0 Å². The highest BCUT2D eigenvalue weighted by atomic mass is 16.5. The molecule has 0 saturated carbocycles. The summed E-state index contributed by atoms with van der Waals surface area (Å²) in [6.07, 6.45) is 1.99. The molecule has 3 unspecified atom stereocenters. The third-order valence-electron chi connectivity index (χ3n) is 9.69. The zero-order valence-corrected chi connectivity index (χ0v) is 24.3. The Morgan fingerprint density at radius 1 is 1.05 bits per heavy atom. The van der Waals surface area contributed by atoms with Gasteiger partial charge in [0.1, 0.15) is 0 Å². The van der Waals surface area contributed by atoms with Gasteiger partial charge in [0.05, 0.1) is 18.1 Å². The van der Waals surface area contributed by atoms with Crippen LogP contribution in [0.4, 0.5) is 0 Å². The van der Waals surface area contributed by atoms with E-state index < -0.39 is 22.2 Å². The summed E-state index contributed by atoms with van der Waals surface area (Å²) in [7, 11) is 1.29. The third-order valence-corrected chi connectivity index (χ3v) is 9.69. The van der Waals surface area contributed by atoms with Gasteiger partial charge in [0.25, 0.3) is 0 Å². The quantitative estimate of drug-likeness (QED) is 0.275. The lowest BCUT2D eigenvalue weighted by Gasteiger charge is -2.59. The summed E-state index contributed by atoms with van der Waals surface area (Å²) in [5.41, 5.74) is 4.86. The standard InChI is InChI=1S/C33H38O5/c1-17(2)23-13-22(11-12-25(35)38-10)19(4)27-24(23)15-31(7)16-32(8)14-18(3)26(21(6)34)30(37)33(32,9)20(5)28(31)29(27)36/h13,17H,14-16H2,1-10H3. The van der Waals surface area contributed by atoms with Gasteiger partial charge in [0.15, 0.2) is 17.3 Å². The number of Topliss-reactive ketones (excluding diaryl/α,β-unsaturated/α-hetero) is 3. The van der Waals surface area contributed by atoms with E-state index in [1.165, 1.54) is 14.0 Å². The summed E-state index contributed by atoms with van der Waals surface area (Å²) in [5, 5.41) is 0. The van der Waals surface area contributed by atoms with Gasteiger partial charge >= 0.3 is 5.97 Å². The molecule has 0 aromatic heterocycles. The summed E-state index contributed by atoms with van der Waals surface area (Å²) in [4.78, 5) is 52.8. The van der Waals surface area contributed by atoms with Gasteiger partial charge in [0.2, 0.25) is 0 Å². The fourth-order valence-electron chi connectivity index (χ4n) is 7.82. The summed E-state index contributed by atoms with van der Waals surface area (Å²) in [5.74, 6) is 4.49. The molecule has 200 valence electrons. The zero-order chi connectivity index (χ0) is 28.5. The van der Waals surface area contributed by atoms with Crippen molar-refractivity contribution in [3.05, 3.63) is 56.2 Å². The molecular weight excluding hydrogens is 476 g/mol. The molecule has 5 heteroatoms. The number of allylic oxidation sites excluding steroid dienone is 4. The molecule has 0 amide bonds. The van der Waals surface area contributed by atoms with E-state index in [-0.39, 0.29) is 28.8 Å². The van der Waals surface area contributed by atoms with Gasteiger partial charge in [-0.2, -0.15) is 0 Å². The number of rotatable bonds is 2. The number of ketones is 3. The summed E-state index contributed by atoms with van der Waals surface area (Å²) in [6.45, 7) is 17.6. The number of fused-ring (bicyclic) bond motifs is 3. The lowest BCUT2D eigenvalue weighted by atomic mass is 9.42. The van der Waals surface area contributed by atoms with Gasteiger partial charge in [-0.15, -0.1) is 0 Å². The average molecular weight is 515 g/mol. The van der Waals surface area contributed by atoms with E-state index in [9.17, 15) is 19.2 Å². The van der Waals surface area contributed by atoms with Crippen molar-refractivity contribution in [1.82, 2.24) is 0 Å². The molecule has 1 aromatic rings. The van der Waals surface area contributed by atoms with Crippen LogP contribution in [0.5, 0.6) is 0 Å². The fraction of sp³-hybridized carbons (Fsp3) is 0.515. The molecule has 0 heterocycles. The molecule has 0 N–H and O–H groups in total. The van der Waals surface area contributed by atoms with E-state index in [1.807, 2.05) is 33.8 Å². The number of benzene rings is 1. The number of methoxy groups -OCH3 is 1. The SMILES string of the molecule is COC(=O)C#Cc1cc(C(C)C)c2c(c1C)C(=O)C1=C(C)C3(C)C(=O)C(C(C)=O)=C(C)CC3(C)CC1(C)C2. The topological polar surface area (TPSA) is 77.5 Å². The van der Waals surface area contributed by atoms with E-state index in [2.05, 4.69) is 44.3 Å². The van der Waals surface area contributed by atoms with Gasteiger partial charge < -0.3 is 4.74 Å². The Morgan fingerprint density at radius 3 is 2.24 bits per heavy atom. The number of hydrogen-bond donors (Lipinski definition) is 0. The van der Waals surface area contributed by atoms with Crippen molar-refractivity contribution in [2.45, 2.75) is 87.5 Å². The monoisotopic (exact) mass is 514 g/mol. The minimum Gasteiger partial charge on any atom is -0.459 e. The van der Waals surface area contributed by atoms with Crippen LogP contribution in [0, 0.1) is 35.0 Å². The molecule has 3 atom stereocenters. The van der Waals surface area contributed by atoms with Crippen molar-refractivity contribution in [2.24, 2.45) is 16.2 Å². The molecule has 0 aliphatic heterocycles. The van der Waals surface area contributed by atoms with Crippen LogP contribution in [0.15, 0.2) is 28.4 Å². The van der Waals surface area contributed by atoms with Crippen molar-refractivity contribution in [1.29, 1.82) is 0 Å². The number of carbonyl (C=O) groups excluding carboxylic acids is 4. The molecule has 3 aliphatic rings. The number of esters is 1. The highest BCUT2D eigenvalue weighted by Gasteiger charge is 2.63. The minimum atomic E-state index is -0.952. The van der Waals surface area contributed by atoms with Crippen LogP contribution in [0.3, 0.4) is 0 Å². The van der Waals surface area contributed by atoms with Crippen molar-refractivity contribution in [2.75, 3.05) is 7.11 Å². The fourth-order valence-corrected chi connectivity index (χ4v) is 7.82. The molecule has 0 saturated heterocycles. The Hall–Kier alpha value is -3.26. The third kappa shape index (κ3) is 3.67. The maximum atomic E-state index is 14.5. The zero-order valence-electron chi connectivity index (χ0n) is 24.3. The Morgan fingerprint density at radius 2 is 1.68 bits per heavy atom. The Balaban J connectivity index is 2.03. The molecular formula is C33H38O5. The van der Waals surface area contributed by atoms with Crippen LogP contribution in [0.25, 0.3) is 0 Å². The van der Waals surface area contributed by atoms with Gasteiger partial charge in [0, 0.05) is 28.0 Å². The van der Waals surface area contributed by atoms with Crippen LogP contribution in [-0.2, 0) is 25.5 Å². The van der Waals surface area contributed by atoms with E-state index in [0.717, 1.165) is 27.8 Å². The highest BCUT2D eigenvalue weighted by molar-refractivity contribution is 6.24. The lowest BCUT2D eigenvalue weighted by Crippen LogP contribution is -2.57. The minimum absolute atomic E-state index is 0.0703. The summed E-state index contributed by atoms with van der Waals surface area (Å²) >= 11 is 0. The molecule has 0 bridgehead atoms.